The van der Waals surface area contributed by atoms with Crippen molar-refractivity contribution in [1.29, 1.82) is 0 Å². The highest BCUT2D eigenvalue weighted by Gasteiger charge is 2.32. The van der Waals surface area contributed by atoms with Crippen LogP contribution in [0.5, 0.6) is 0 Å². The quantitative estimate of drug-likeness (QED) is 0.784. The smallest absolute Gasteiger partial charge is 0.0249 e. The lowest BCUT2D eigenvalue weighted by molar-refractivity contribution is 0.156. The number of rotatable bonds is 6. The molecule has 0 aromatic rings. The number of nitrogens with one attached hydrogen (secondary N) is 1. The highest BCUT2D eigenvalue weighted by molar-refractivity contribution is 4.90. The largest absolute Gasteiger partial charge is 0.312 e. The molecule has 1 saturated carbocycles. The predicted octanol–water partition coefficient (Wildman–Crippen LogP) is 4.20. The molecule has 2 fully saturated rings. The molecular formula is C18H36N2. The summed E-state index contributed by atoms with van der Waals surface area (Å²) < 4.78 is 0. The minimum Gasteiger partial charge on any atom is -0.312 e. The van der Waals surface area contributed by atoms with Crippen LogP contribution in [0.1, 0.15) is 78.1 Å². The lowest BCUT2D eigenvalue weighted by Gasteiger charge is -2.37. The Morgan fingerprint density at radius 2 is 1.75 bits per heavy atom. The zero-order valence-corrected chi connectivity index (χ0v) is 13.9. The van der Waals surface area contributed by atoms with Crippen LogP contribution in [-0.4, -0.2) is 36.6 Å². The van der Waals surface area contributed by atoms with Gasteiger partial charge in [-0.2, -0.15) is 0 Å². The van der Waals surface area contributed by atoms with Crippen molar-refractivity contribution in [3.8, 4) is 0 Å². The molecule has 1 saturated heterocycles. The lowest BCUT2D eigenvalue weighted by atomic mass is 9.91. The van der Waals surface area contributed by atoms with Gasteiger partial charge in [0, 0.05) is 18.6 Å². The summed E-state index contributed by atoms with van der Waals surface area (Å²) in [7, 11) is 0. The van der Waals surface area contributed by atoms with Gasteiger partial charge in [0.05, 0.1) is 0 Å². The summed E-state index contributed by atoms with van der Waals surface area (Å²) in [5, 5.41) is 3.87. The molecule has 1 N–H and O–H groups in total. The number of likely N-dealkylation sites (tertiary alicyclic amines) is 1. The average molecular weight is 280 g/mol. The van der Waals surface area contributed by atoms with Crippen LogP contribution in [0.4, 0.5) is 0 Å². The molecule has 118 valence electrons. The van der Waals surface area contributed by atoms with E-state index in [1.165, 1.54) is 83.8 Å². The van der Waals surface area contributed by atoms with Gasteiger partial charge in [-0.05, 0) is 51.1 Å². The molecule has 0 aromatic carbocycles. The maximum absolute atomic E-state index is 3.87. The van der Waals surface area contributed by atoms with Crippen molar-refractivity contribution in [2.75, 3.05) is 19.6 Å². The standard InChI is InChI=1S/C18H36N2/c1-3-9-16-12-14-20(15-16)18-11-8-6-5-7-10-17(18)19-13-4-2/h16-19H,3-15H2,1-2H3. The molecule has 2 heteroatoms. The van der Waals surface area contributed by atoms with Crippen molar-refractivity contribution in [3.05, 3.63) is 0 Å². The van der Waals surface area contributed by atoms with E-state index in [0.717, 1.165) is 18.0 Å². The minimum absolute atomic E-state index is 0.760. The minimum atomic E-state index is 0.760. The highest BCUT2D eigenvalue weighted by Crippen LogP contribution is 2.28. The van der Waals surface area contributed by atoms with Gasteiger partial charge in [0.2, 0.25) is 0 Å². The van der Waals surface area contributed by atoms with Crippen LogP contribution in [-0.2, 0) is 0 Å². The van der Waals surface area contributed by atoms with Gasteiger partial charge in [-0.1, -0.05) is 46.0 Å². The third-order valence-electron chi connectivity index (χ3n) is 5.37. The molecular weight excluding hydrogens is 244 g/mol. The van der Waals surface area contributed by atoms with Crippen LogP contribution < -0.4 is 5.32 Å². The summed E-state index contributed by atoms with van der Waals surface area (Å²) in [6.45, 7) is 8.57. The maximum atomic E-state index is 3.87. The molecule has 2 aliphatic rings. The maximum Gasteiger partial charge on any atom is 0.0249 e. The number of hydrogen-bond acceptors (Lipinski definition) is 2. The van der Waals surface area contributed by atoms with Gasteiger partial charge in [-0.3, -0.25) is 4.90 Å². The van der Waals surface area contributed by atoms with E-state index >= 15 is 0 Å². The third kappa shape index (κ3) is 4.73. The van der Waals surface area contributed by atoms with Crippen molar-refractivity contribution in [1.82, 2.24) is 10.2 Å². The molecule has 1 heterocycles. The predicted molar refractivity (Wildman–Crippen MR) is 88.2 cm³/mol. The SMILES string of the molecule is CCCNC1CCCCCCC1N1CCC(CCC)C1. The Hall–Kier alpha value is -0.0800. The Kier molecular flexibility index (Phi) is 7.37. The fraction of sp³-hybridized carbons (Fsp3) is 1.00. The summed E-state index contributed by atoms with van der Waals surface area (Å²) in [5.74, 6) is 0.984. The second kappa shape index (κ2) is 9.04. The molecule has 0 amide bonds. The Balaban J connectivity index is 1.92. The Bertz CT molecular complexity index is 252. The molecule has 3 atom stereocenters. The molecule has 1 aliphatic carbocycles. The zero-order chi connectivity index (χ0) is 14.2. The number of hydrogen-bond donors (Lipinski definition) is 1. The van der Waals surface area contributed by atoms with Crippen molar-refractivity contribution in [3.63, 3.8) is 0 Å². The van der Waals surface area contributed by atoms with Crippen molar-refractivity contribution in [2.24, 2.45) is 5.92 Å². The van der Waals surface area contributed by atoms with Gasteiger partial charge >= 0.3 is 0 Å². The molecule has 0 radical (unpaired) electrons. The van der Waals surface area contributed by atoms with Crippen LogP contribution >= 0.6 is 0 Å². The van der Waals surface area contributed by atoms with Crippen LogP contribution in [0.2, 0.25) is 0 Å². The van der Waals surface area contributed by atoms with E-state index in [2.05, 4.69) is 24.1 Å². The van der Waals surface area contributed by atoms with E-state index in [0.29, 0.717) is 0 Å². The van der Waals surface area contributed by atoms with E-state index < -0.39 is 0 Å². The van der Waals surface area contributed by atoms with E-state index in [-0.39, 0.29) is 0 Å². The van der Waals surface area contributed by atoms with Crippen molar-refractivity contribution < 1.29 is 0 Å². The molecule has 0 bridgehead atoms. The first-order valence-electron chi connectivity index (χ1n) is 9.32. The second-order valence-corrected chi connectivity index (χ2v) is 7.06. The lowest BCUT2D eigenvalue weighted by Crippen LogP contribution is -2.50. The summed E-state index contributed by atoms with van der Waals surface area (Å²) in [6.07, 6.45) is 14.1. The fourth-order valence-corrected chi connectivity index (χ4v) is 4.28. The topological polar surface area (TPSA) is 15.3 Å². The van der Waals surface area contributed by atoms with Crippen LogP contribution in [0.25, 0.3) is 0 Å². The summed E-state index contributed by atoms with van der Waals surface area (Å²) in [6, 6.07) is 1.58. The van der Waals surface area contributed by atoms with Gasteiger partial charge in [-0.15, -0.1) is 0 Å². The summed E-state index contributed by atoms with van der Waals surface area (Å²) in [4.78, 5) is 2.85. The normalized spacial score (nSPS) is 33.0. The van der Waals surface area contributed by atoms with Crippen LogP contribution in [0.15, 0.2) is 0 Å². The first-order valence-corrected chi connectivity index (χ1v) is 9.32. The zero-order valence-electron chi connectivity index (χ0n) is 13.9. The first kappa shape index (κ1) is 16.3. The molecule has 2 rings (SSSR count). The summed E-state index contributed by atoms with van der Waals surface area (Å²) >= 11 is 0. The third-order valence-corrected chi connectivity index (χ3v) is 5.37. The van der Waals surface area contributed by atoms with Crippen LogP contribution in [0, 0.1) is 5.92 Å². The van der Waals surface area contributed by atoms with Gasteiger partial charge in [0.25, 0.3) is 0 Å². The second-order valence-electron chi connectivity index (χ2n) is 7.06. The van der Waals surface area contributed by atoms with Crippen LogP contribution in [0.3, 0.4) is 0 Å². The van der Waals surface area contributed by atoms with Gasteiger partial charge < -0.3 is 5.32 Å². The molecule has 3 unspecified atom stereocenters. The molecule has 0 aromatic heterocycles. The molecule has 1 aliphatic heterocycles. The van der Waals surface area contributed by atoms with Crippen molar-refractivity contribution >= 4 is 0 Å². The average Bonchev–Trinajstić information content (AvgIpc) is 2.87. The van der Waals surface area contributed by atoms with Gasteiger partial charge in [0.15, 0.2) is 0 Å². The Morgan fingerprint density at radius 3 is 2.50 bits per heavy atom. The van der Waals surface area contributed by atoms with E-state index in [1.807, 2.05) is 0 Å². The van der Waals surface area contributed by atoms with E-state index in [1.54, 1.807) is 0 Å². The molecule has 20 heavy (non-hydrogen) atoms. The fourth-order valence-electron chi connectivity index (χ4n) is 4.28. The Morgan fingerprint density at radius 1 is 0.950 bits per heavy atom. The van der Waals surface area contributed by atoms with Gasteiger partial charge in [0.1, 0.15) is 0 Å². The number of nitrogens with zero attached hydrogens (tertiary/aromatic N) is 1. The van der Waals surface area contributed by atoms with E-state index in [4.69, 9.17) is 0 Å². The molecule has 2 nitrogen and oxygen atoms in total. The summed E-state index contributed by atoms with van der Waals surface area (Å²) in [5.41, 5.74) is 0. The van der Waals surface area contributed by atoms with Gasteiger partial charge in [-0.25, -0.2) is 0 Å². The first-order chi connectivity index (χ1) is 9.85. The monoisotopic (exact) mass is 280 g/mol. The molecule has 0 spiro atoms. The Labute approximate surface area is 126 Å². The highest BCUT2D eigenvalue weighted by atomic mass is 15.2. The van der Waals surface area contributed by atoms with Crippen molar-refractivity contribution in [2.45, 2.75) is 90.1 Å². The van der Waals surface area contributed by atoms with E-state index in [9.17, 15) is 0 Å².